The van der Waals surface area contributed by atoms with Gasteiger partial charge in [-0.05, 0) is 66.2 Å². The minimum Gasteiger partial charge on any atom is -0.454 e. The lowest BCUT2D eigenvalue weighted by Gasteiger charge is -2.27. The van der Waals surface area contributed by atoms with E-state index in [4.69, 9.17) is 14.7 Å². The van der Waals surface area contributed by atoms with E-state index in [0.29, 0.717) is 28.3 Å². The average Bonchev–Trinajstić information content (AvgIpc) is 3.50. The van der Waals surface area contributed by atoms with Crippen molar-refractivity contribution in [3.63, 3.8) is 0 Å². The molecule has 11 nitrogen and oxygen atoms in total. The maximum Gasteiger partial charge on any atom is 0.252 e. The molecule has 1 atom stereocenters. The van der Waals surface area contributed by atoms with Crippen LogP contribution < -0.4 is 19.7 Å². The van der Waals surface area contributed by atoms with Crippen molar-refractivity contribution in [2.45, 2.75) is 30.8 Å². The predicted molar refractivity (Wildman–Crippen MR) is 138 cm³/mol. The number of carbonyl (C=O) groups is 3. The number of amides is 3. The molecule has 0 saturated carbocycles. The van der Waals surface area contributed by atoms with E-state index in [9.17, 15) is 22.8 Å². The van der Waals surface area contributed by atoms with Gasteiger partial charge in [0.2, 0.25) is 28.6 Å². The van der Waals surface area contributed by atoms with E-state index in [1.807, 2.05) is 6.07 Å². The van der Waals surface area contributed by atoms with Crippen LogP contribution in [0.25, 0.3) is 0 Å². The summed E-state index contributed by atoms with van der Waals surface area (Å²) in [6.07, 6.45) is -0.368. The van der Waals surface area contributed by atoms with Crippen molar-refractivity contribution in [3.8, 4) is 17.6 Å². The van der Waals surface area contributed by atoms with E-state index < -0.39 is 27.9 Å². The highest BCUT2D eigenvalue weighted by atomic mass is 32.2. The highest BCUT2D eigenvalue weighted by molar-refractivity contribution is 7.89. The minimum atomic E-state index is -4.31. The largest absolute Gasteiger partial charge is 0.454 e. The Morgan fingerprint density at radius 2 is 1.74 bits per heavy atom. The van der Waals surface area contributed by atoms with Crippen LogP contribution in [0.15, 0.2) is 71.6 Å². The molecule has 0 aromatic heterocycles. The molecule has 0 spiro atoms. The third kappa shape index (κ3) is 5.05. The molecule has 0 bridgehead atoms. The molecular formula is C27H22N4O7S. The third-order valence-corrected chi connectivity index (χ3v) is 8.15. The molecular weight excluding hydrogens is 524 g/mol. The lowest BCUT2D eigenvalue weighted by Crippen LogP contribution is -2.45. The monoisotopic (exact) mass is 546 g/mol. The van der Waals surface area contributed by atoms with Gasteiger partial charge in [0.25, 0.3) is 5.91 Å². The van der Waals surface area contributed by atoms with Crippen LogP contribution in [0.3, 0.4) is 0 Å². The molecule has 1 N–H and O–H groups in total. The van der Waals surface area contributed by atoms with Crippen molar-refractivity contribution >= 4 is 39.1 Å². The summed E-state index contributed by atoms with van der Waals surface area (Å²) >= 11 is 0. The highest BCUT2D eigenvalue weighted by Crippen LogP contribution is 2.35. The lowest BCUT2D eigenvalue weighted by molar-refractivity contribution is -0.122. The Kier molecular flexibility index (Phi) is 6.78. The van der Waals surface area contributed by atoms with Crippen LogP contribution in [0.1, 0.15) is 24.5 Å². The van der Waals surface area contributed by atoms with Crippen molar-refractivity contribution < 1.29 is 32.3 Å². The summed E-state index contributed by atoms with van der Waals surface area (Å²) in [4.78, 5) is 38.8. The van der Waals surface area contributed by atoms with E-state index in [1.54, 1.807) is 18.2 Å². The van der Waals surface area contributed by atoms with E-state index in [0.717, 1.165) is 9.21 Å². The molecule has 3 aromatic carbocycles. The maximum atomic E-state index is 13.9. The van der Waals surface area contributed by atoms with Gasteiger partial charge in [-0.2, -0.15) is 9.57 Å². The number of hydrogen-bond donors (Lipinski definition) is 1. The van der Waals surface area contributed by atoms with Crippen molar-refractivity contribution in [3.05, 3.63) is 77.9 Å². The molecule has 39 heavy (non-hydrogen) atoms. The lowest BCUT2D eigenvalue weighted by atomic mass is 10.1. The van der Waals surface area contributed by atoms with Gasteiger partial charge < -0.3 is 14.8 Å². The summed E-state index contributed by atoms with van der Waals surface area (Å²) in [6.45, 7) is 1.15. The summed E-state index contributed by atoms with van der Waals surface area (Å²) in [5.74, 6) is -0.628. The predicted octanol–water partition coefficient (Wildman–Crippen LogP) is 2.77. The number of nitriles is 1. The Hall–Kier alpha value is -4.73. The number of fused-ring (bicyclic) bond motifs is 1. The summed E-state index contributed by atoms with van der Waals surface area (Å²) in [6, 6.07) is 17.0. The van der Waals surface area contributed by atoms with Gasteiger partial charge in [-0.15, -0.1) is 0 Å². The van der Waals surface area contributed by atoms with Crippen molar-refractivity contribution in [2.75, 3.05) is 17.0 Å². The van der Waals surface area contributed by atoms with Gasteiger partial charge in [-0.3, -0.25) is 14.4 Å². The number of ether oxygens (including phenoxy) is 2. The number of anilines is 2. The number of hydrogen-bond acceptors (Lipinski definition) is 8. The van der Waals surface area contributed by atoms with Crippen molar-refractivity contribution in [2.24, 2.45) is 0 Å². The van der Waals surface area contributed by atoms with Crippen LogP contribution in [0.2, 0.25) is 0 Å². The number of sulfonamides is 1. The molecule has 0 aliphatic carbocycles. The van der Waals surface area contributed by atoms with Gasteiger partial charge in [-0.25, -0.2) is 13.3 Å². The van der Waals surface area contributed by atoms with Gasteiger partial charge in [0.1, 0.15) is 6.04 Å². The molecule has 2 heterocycles. The first kappa shape index (κ1) is 25.9. The first-order valence-electron chi connectivity index (χ1n) is 11.8. The fourth-order valence-electron chi connectivity index (χ4n) is 4.43. The van der Waals surface area contributed by atoms with E-state index in [2.05, 4.69) is 5.32 Å². The summed E-state index contributed by atoms with van der Waals surface area (Å²) in [5, 5.41) is 11.6. The fourth-order valence-corrected chi connectivity index (χ4v) is 6.00. The molecule has 12 heteroatoms. The van der Waals surface area contributed by atoms with Gasteiger partial charge in [-0.1, -0.05) is 6.07 Å². The Bertz CT molecular complexity index is 1610. The van der Waals surface area contributed by atoms with Gasteiger partial charge in [0.05, 0.1) is 28.6 Å². The Balaban J connectivity index is 1.52. The summed E-state index contributed by atoms with van der Waals surface area (Å²) < 4.78 is 39.6. The molecule has 0 radical (unpaired) electrons. The second-order valence-corrected chi connectivity index (χ2v) is 10.8. The van der Waals surface area contributed by atoms with Crippen LogP contribution in [0.4, 0.5) is 11.4 Å². The maximum absolute atomic E-state index is 13.9. The Morgan fingerprint density at radius 3 is 2.41 bits per heavy atom. The zero-order chi connectivity index (χ0) is 27.7. The first-order chi connectivity index (χ1) is 18.7. The molecule has 198 valence electrons. The number of imide groups is 1. The highest BCUT2D eigenvalue weighted by Gasteiger charge is 2.47. The van der Waals surface area contributed by atoms with Crippen LogP contribution in [0, 0.1) is 11.3 Å². The second-order valence-electron chi connectivity index (χ2n) is 8.89. The third-order valence-electron chi connectivity index (χ3n) is 6.28. The molecule has 1 saturated heterocycles. The smallest absolute Gasteiger partial charge is 0.252 e. The Morgan fingerprint density at radius 1 is 1.05 bits per heavy atom. The summed E-state index contributed by atoms with van der Waals surface area (Å²) in [7, 11) is -4.31. The number of rotatable bonds is 7. The normalized spacial score (nSPS) is 16.4. The van der Waals surface area contributed by atoms with Crippen LogP contribution in [-0.4, -0.2) is 43.3 Å². The first-order valence-corrected chi connectivity index (χ1v) is 13.3. The Labute approximate surface area is 224 Å². The number of nitrogens with zero attached hydrogens (tertiary/aromatic N) is 3. The molecule has 5 rings (SSSR count). The molecule has 3 aromatic rings. The van der Waals surface area contributed by atoms with E-state index in [-0.39, 0.29) is 36.2 Å². The molecule has 1 unspecified atom stereocenters. The minimum absolute atomic E-state index is 0.0383. The van der Waals surface area contributed by atoms with Gasteiger partial charge in [0, 0.05) is 19.2 Å². The average molecular weight is 547 g/mol. The molecule has 3 amide bonds. The van der Waals surface area contributed by atoms with Gasteiger partial charge >= 0.3 is 0 Å². The van der Waals surface area contributed by atoms with Crippen LogP contribution in [-0.2, 0) is 31.0 Å². The van der Waals surface area contributed by atoms with Crippen LogP contribution >= 0.6 is 0 Å². The molecule has 2 aliphatic rings. The zero-order valence-corrected chi connectivity index (χ0v) is 21.5. The number of carbonyl (C=O) groups excluding carboxylic acids is 3. The quantitative estimate of drug-likeness (QED) is 0.445. The zero-order valence-electron chi connectivity index (χ0n) is 20.7. The molecule has 2 aliphatic heterocycles. The molecule has 1 fully saturated rings. The SMILES string of the molecule is CC(=O)Nc1ccc(S(=O)(=O)N(Cc2ccc3c(c2)OCO3)C2CC(=O)N(c3ccc(C#N)cc3)C2=O)cc1. The standard InChI is InChI=1S/C27H22N4O7S/c1-17(32)29-20-5-9-22(10-6-20)39(35,36)30(15-19-4-11-24-25(12-19)38-16-37-24)23-13-26(33)31(27(23)34)21-7-2-18(14-28)3-8-21/h2-12,23H,13,15-16H2,1H3,(H,29,32). The fraction of sp³-hybridized carbons (Fsp3) is 0.185. The number of benzene rings is 3. The van der Waals surface area contributed by atoms with Crippen LogP contribution in [0.5, 0.6) is 11.5 Å². The van der Waals surface area contributed by atoms with Gasteiger partial charge in [0.15, 0.2) is 11.5 Å². The van der Waals surface area contributed by atoms with E-state index >= 15 is 0 Å². The second kappa shape index (κ2) is 10.2. The van der Waals surface area contributed by atoms with Crippen molar-refractivity contribution in [1.82, 2.24) is 4.31 Å². The van der Waals surface area contributed by atoms with E-state index in [1.165, 1.54) is 55.5 Å². The van der Waals surface area contributed by atoms with Crippen molar-refractivity contribution in [1.29, 1.82) is 5.26 Å². The topological polar surface area (TPSA) is 146 Å². The summed E-state index contributed by atoms with van der Waals surface area (Å²) in [5.41, 5.74) is 1.52. The number of nitrogens with one attached hydrogen (secondary N) is 1.